The summed E-state index contributed by atoms with van der Waals surface area (Å²) in [4.78, 5) is 24.7. The summed E-state index contributed by atoms with van der Waals surface area (Å²) in [7, 11) is 0. The van der Waals surface area contributed by atoms with E-state index in [-0.39, 0.29) is 23.0 Å². The Balaban J connectivity index is 1.98. The Morgan fingerprint density at radius 3 is 2.83 bits per heavy atom. The fourth-order valence-corrected chi connectivity index (χ4v) is 3.64. The number of nitrogens with one attached hydrogen (secondary N) is 1. The molecule has 1 aliphatic rings. The van der Waals surface area contributed by atoms with Crippen molar-refractivity contribution >= 4 is 33.8 Å². The van der Waals surface area contributed by atoms with Gasteiger partial charge in [0.2, 0.25) is 5.78 Å². The molecule has 1 atom stereocenters. The van der Waals surface area contributed by atoms with Gasteiger partial charge in [-0.2, -0.15) is 5.26 Å². The molecule has 1 aromatic heterocycles. The molecule has 122 valence electrons. The summed E-state index contributed by atoms with van der Waals surface area (Å²) < 4.78 is 4.90. The molecule has 3 rings (SSSR count). The van der Waals surface area contributed by atoms with Crippen LogP contribution in [-0.4, -0.2) is 24.4 Å². The van der Waals surface area contributed by atoms with Gasteiger partial charge in [0.05, 0.1) is 12.3 Å². The highest BCUT2D eigenvalue weighted by atomic mass is 32.1. The van der Waals surface area contributed by atoms with Gasteiger partial charge in [0.1, 0.15) is 27.6 Å². The Kier molecular flexibility index (Phi) is 4.23. The monoisotopic (exact) mass is 341 g/mol. The van der Waals surface area contributed by atoms with E-state index in [9.17, 15) is 14.9 Å². The molecule has 24 heavy (non-hydrogen) atoms. The number of nitrogen functional groups attached to an aromatic ring is 1. The third-order valence-corrected chi connectivity index (χ3v) is 5.03. The van der Waals surface area contributed by atoms with Gasteiger partial charge < -0.3 is 15.8 Å². The number of carbonyl (C=O) groups is 2. The number of ketones is 1. The van der Waals surface area contributed by atoms with Crippen LogP contribution in [0.3, 0.4) is 0 Å². The van der Waals surface area contributed by atoms with E-state index in [1.165, 1.54) is 0 Å². The smallest absolute Gasteiger partial charge is 0.328 e. The number of ether oxygens (including phenoxy) is 1. The van der Waals surface area contributed by atoms with E-state index in [1.807, 2.05) is 25.1 Å². The van der Waals surface area contributed by atoms with Crippen LogP contribution in [0.15, 0.2) is 24.3 Å². The molecule has 1 aromatic carbocycles. The standard InChI is InChI=1S/C17H15N3O3S/c1-9-4-2-3-5-10(9)14(21)15-13(19)11(8-18)16(24-15)20-12-6-7-23-17(12)22/h2-5,12,20H,6-7,19H2,1H3. The number of nitriles is 1. The molecule has 2 aromatic rings. The number of anilines is 2. The van der Waals surface area contributed by atoms with Crippen LogP contribution in [0.4, 0.5) is 10.7 Å². The first-order valence-corrected chi connectivity index (χ1v) is 8.20. The maximum Gasteiger partial charge on any atom is 0.328 e. The van der Waals surface area contributed by atoms with Crippen LogP contribution in [0.5, 0.6) is 0 Å². The molecule has 1 saturated heterocycles. The average molecular weight is 341 g/mol. The lowest BCUT2D eigenvalue weighted by Crippen LogP contribution is -2.24. The van der Waals surface area contributed by atoms with E-state index in [2.05, 4.69) is 5.32 Å². The first-order chi connectivity index (χ1) is 11.5. The largest absolute Gasteiger partial charge is 0.464 e. The van der Waals surface area contributed by atoms with Gasteiger partial charge in [0.25, 0.3) is 0 Å². The number of aryl methyl sites for hydroxylation is 1. The second-order valence-electron chi connectivity index (χ2n) is 5.46. The van der Waals surface area contributed by atoms with E-state index in [0.717, 1.165) is 16.9 Å². The molecule has 6 nitrogen and oxygen atoms in total. The lowest BCUT2D eigenvalue weighted by molar-refractivity contribution is -0.138. The number of rotatable bonds is 4. The van der Waals surface area contributed by atoms with Gasteiger partial charge in [-0.05, 0) is 12.5 Å². The zero-order valence-electron chi connectivity index (χ0n) is 13.0. The van der Waals surface area contributed by atoms with E-state index < -0.39 is 6.04 Å². The summed E-state index contributed by atoms with van der Waals surface area (Å²) in [6.45, 7) is 2.18. The molecule has 0 amide bonds. The van der Waals surface area contributed by atoms with Crippen LogP contribution in [0.2, 0.25) is 0 Å². The summed E-state index contributed by atoms with van der Waals surface area (Å²) in [5, 5.41) is 12.8. The Hall–Kier alpha value is -2.85. The van der Waals surface area contributed by atoms with E-state index >= 15 is 0 Å². The van der Waals surface area contributed by atoms with E-state index in [0.29, 0.717) is 28.5 Å². The van der Waals surface area contributed by atoms with Gasteiger partial charge in [-0.25, -0.2) is 4.79 Å². The van der Waals surface area contributed by atoms with Crippen LogP contribution in [0, 0.1) is 18.3 Å². The summed E-state index contributed by atoms with van der Waals surface area (Å²) in [6.07, 6.45) is 0.516. The van der Waals surface area contributed by atoms with Crippen molar-refractivity contribution < 1.29 is 14.3 Å². The van der Waals surface area contributed by atoms with Crippen LogP contribution < -0.4 is 11.1 Å². The first kappa shape index (κ1) is 16.0. The molecule has 1 unspecified atom stereocenters. The Morgan fingerprint density at radius 2 is 2.21 bits per heavy atom. The molecule has 3 N–H and O–H groups in total. The molecule has 0 radical (unpaired) electrons. The lowest BCUT2D eigenvalue weighted by atomic mass is 10.0. The SMILES string of the molecule is Cc1ccccc1C(=O)c1sc(NC2CCOC2=O)c(C#N)c1N. The van der Waals surface area contributed by atoms with Gasteiger partial charge >= 0.3 is 5.97 Å². The molecule has 2 heterocycles. The van der Waals surface area contributed by atoms with Gasteiger partial charge in [-0.3, -0.25) is 4.79 Å². The van der Waals surface area contributed by atoms with Crippen molar-refractivity contribution in [3.8, 4) is 6.07 Å². The summed E-state index contributed by atoms with van der Waals surface area (Å²) in [5.74, 6) is -0.591. The van der Waals surface area contributed by atoms with Crippen molar-refractivity contribution in [1.29, 1.82) is 5.26 Å². The quantitative estimate of drug-likeness (QED) is 0.654. The van der Waals surface area contributed by atoms with Gasteiger partial charge in [0, 0.05) is 12.0 Å². The number of cyclic esters (lactones) is 1. The minimum atomic E-state index is -0.517. The average Bonchev–Trinajstić information content (AvgIpc) is 3.11. The van der Waals surface area contributed by atoms with Crippen molar-refractivity contribution in [2.75, 3.05) is 17.7 Å². The highest BCUT2D eigenvalue weighted by Crippen LogP contribution is 2.37. The van der Waals surface area contributed by atoms with Crippen molar-refractivity contribution in [1.82, 2.24) is 0 Å². The molecule has 0 spiro atoms. The molecule has 1 aliphatic heterocycles. The predicted molar refractivity (Wildman–Crippen MR) is 91.0 cm³/mol. The molecule has 7 heteroatoms. The number of esters is 1. The first-order valence-electron chi connectivity index (χ1n) is 7.38. The molecule has 0 aliphatic carbocycles. The molecule has 0 bridgehead atoms. The summed E-state index contributed by atoms with van der Waals surface area (Å²) in [5.41, 5.74) is 7.74. The second kappa shape index (κ2) is 6.34. The highest BCUT2D eigenvalue weighted by molar-refractivity contribution is 7.19. The topological polar surface area (TPSA) is 105 Å². The molecular formula is C17H15N3O3S. The van der Waals surface area contributed by atoms with E-state index in [1.54, 1.807) is 12.1 Å². The van der Waals surface area contributed by atoms with Crippen molar-refractivity contribution in [3.05, 3.63) is 45.8 Å². The van der Waals surface area contributed by atoms with Crippen molar-refractivity contribution in [2.24, 2.45) is 0 Å². The maximum absolute atomic E-state index is 12.8. The third kappa shape index (κ3) is 2.72. The second-order valence-corrected chi connectivity index (χ2v) is 6.48. The maximum atomic E-state index is 12.8. The van der Waals surface area contributed by atoms with E-state index in [4.69, 9.17) is 10.5 Å². The number of nitrogens with two attached hydrogens (primary N) is 1. The molecular weight excluding hydrogens is 326 g/mol. The highest BCUT2D eigenvalue weighted by Gasteiger charge is 2.30. The summed E-state index contributed by atoms with van der Waals surface area (Å²) >= 11 is 1.10. The predicted octanol–water partition coefficient (Wildman–Crippen LogP) is 2.47. The zero-order chi connectivity index (χ0) is 17.3. The summed E-state index contributed by atoms with van der Waals surface area (Å²) in [6, 6.07) is 8.70. The Bertz CT molecular complexity index is 866. The van der Waals surface area contributed by atoms with Crippen LogP contribution in [0.1, 0.15) is 32.8 Å². The normalized spacial score (nSPS) is 16.5. The van der Waals surface area contributed by atoms with Crippen LogP contribution in [-0.2, 0) is 9.53 Å². The minimum absolute atomic E-state index is 0.143. The number of hydrogen-bond acceptors (Lipinski definition) is 7. The van der Waals surface area contributed by atoms with Crippen LogP contribution >= 0.6 is 11.3 Å². The number of hydrogen-bond donors (Lipinski definition) is 2. The van der Waals surface area contributed by atoms with Crippen molar-refractivity contribution in [3.63, 3.8) is 0 Å². The Morgan fingerprint density at radius 1 is 1.46 bits per heavy atom. The molecule has 0 saturated carbocycles. The minimum Gasteiger partial charge on any atom is -0.464 e. The number of carbonyl (C=O) groups excluding carboxylic acids is 2. The fraction of sp³-hybridized carbons (Fsp3) is 0.235. The number of thiophene rings is 1. The third-order valence-electron chi connectivity index (χ3n) is 3.89. The van der Waals surface area contributed by atoms with Gasteiger partial charge in [0.15, 0.2) is 0 Å². The zero-order valence-corrected chi connectivity index (χ0v) is 13.8. The number of benzene rings is 1. The van der Waals surface area contributed by atoms with Gasteiger partial charge in [-0.1, -0.05) is 24.3 Å². The van der Waals surface area contributed by atoms with Crippen molar-refractivity contribution in [2.45, 2.75) is 19.4 Å². The molecule has 1 fully saturated rings. The number of nitrogens with zero attached hydrogens (tertiary/aromatic N) is 1. The van der Waals surface area contributed by atoms with Crippen LogP contribution in [0.25, 0.3) is 0 Å². The lowest BCUT2D eigenvalue weighted by Gasteiger charge is -2.07. The van der Waals surface area contributed by atoms with Gasteiger partial charge in [-0.15, -0.1) is 11.3 Å². The fourth-order valence-electron chi connectivity index (χ4n) is 2.56. The Labute approximate surface area is 142 Å².